The number of hydrogen-bond acceptors (Lipinski definition) is 4. The third-order valence-electron chi connectivity index (χ3n) is 4.77. The highest BCUT2D eigenvalue weighted by molar-refractivity contribution is 6.42. The zero-order valence-electron chi connectivity index (χ0n) is 16.6. The van der Waals surface area contributed by atoms with Crippen molar-refractivity contribution in [2.24, 2.45) is 5.73 Å². The lowest BCUT2D eigenvalue weighted by molar-refractivity contribution is -0.139. The molecule has 0 aliphatic heterocycles. The van der Waals surface area contributed by atoms with E-state index < -0.39 is 30.5 Å². The fourth-order valence-corrected chi connectivity index (χ4v) is 3.28. The predicted molar refractivity (Wildman–Crippen MR) is 118 cm³/mol. The zero-order chi connectivity index (χ0) is 22.4. The highest BCUT2D eigenvalue weighted by atomic mass is 35.5. The molecule has 0 saturated carbocycles. The number of aliphatic hydroxyl groups is 2. The van der Waals surface area contributed by atoms with Gasteiger partial charge in [0.15, 0.2) is 0 Å². The van der Waals surface area contributed by atoms with E-state index in [1.807, 2.05) is 0 Å². The molecule has 0 fully saturated rings. The maximum atomic E-state index is 13.5. The minimum absolute atomic E-state index is 0. The average Bonchev–Trinajstić information content (AvgIpc) is 2.72. The molecule has 174 valence electrons. The van der Waals surface area contributed by atoms with E-state index in [9.17, 15) is 23.4 Å². The smallest absolute Gasteiger partial charge is 0.419 e. The number of halogens is 6. The minimum Gasteiger partial charge on any atom is -0.493 e. The van der Waals surface area contributed by atoms with E-state index in [2.05, 4.69) is 0 Å². The van der Waals surface area contributed by atoms with Gasteiger partial charge < -0.3 is 20.7 Å². The van der Waals surface area contributed by atoms with Crippen molar-refractivity contribution in [1.29, 1.82) is 0 Å². The van der Waals surface area contributed by atoms with E-state index in [-0.39, 0.29) is 37.6 Å². The van der Waals surface area contributed by atoms with E-state index >= 15 is 0 Å². The van der Waals surface area contributed by atoms with E-state index in [0.717, 1.165) is 11.6 Å². The van der Waals surface area contributed by atoms with Crippen molar-refractivity contribution in [3.63, 3.8) is 0 Å². The van der Waals surface area contributed by atoms with Gasteiger partial charge in [-0.1, -0.05) is 41.4 Å². The molecule has 0 aliphatic rings. The molecule has 0 spiro atoms. The largest absolute Gasteiger partial charge is 0.493 e. The topological polar surface area (TPSA) is 75.7 Å². The number of aliphatic hydroxyl groups excluding tert-OH is 2. The molecular weight excluding hydrogens is 478 g/mol. The summed E-state index contributed by atoms with van der Waals surface area (Å²) >= 11 is 12.1. The van der Waals surface area contributed by atoms with Crippen LogP contribution in [0.2, 0.25) is 10.0 Å². The van der Waals surface area contributed by atoms with E-state index in [0.29, 0.717) is 28.5 Å². The summed E-state index contributed by atoms with van der Waals surface area (Å²) in [6, 6.07) is 9.04. The molecule has 0 amide bonds. The van der Waals surface area contributed by atoms with Crippen LogP contribution < -0.4 is 10.5 Å². The summed E-state index contributed by atoms with van der Waals surface area (Å²) < 4.78 is 45.9. The fourth-order valence-electron chi connectivity index (χ4n) is 2.87. The minimum atomic E-state index is -4.59. The molecule has 4 N–H and O–H groups in total. The Labute approximate surface area is 195 Å². The molecule has 0 heterocycles. The van der Waals surface area contributed by atoms with Gasteiger partial charge in [-0.25, -0.2) is 0 Å². The number of nitrogens with two attached hydrogens (primary N) is 1. The second-order valence-corrected chi connectivity index (χ2v) is 7.96. The third-order valence-corrected chi connectivity index (χ3v) is 5.63. The van der Waals surface area contributed by atoms with Crippen molar-refractivity contribution in [2.75, 3.05) is 19.8 Å². The number of aryl methyl sites for hydroxylation is 2. The summed E-state index contributed by atoms with van der Waals surface area (Å²) in [5.41, 5.74) is 4.85. The molecule has 0 bridgehead atoms. The quantitative estimate of drug-likeness (QED) is 0.397. The fraction of sp³-hybridized carbons (Fsp3) is 0.429. The molecule has 2 rings (SSSR count). The Morgan fingerprint density at radius 2 is 1.68 bits per heavy atom. The molecule has 0 saturated heterocycles. The molecule has 0 unspecified atom stereocenters. The molecular formula is C21H25Cl3F3NO3. The van der Waals surface area contributed by atoms with Crippen LogP contribution in [0.5, 0.6) is 5.75 Å². The standard InChI is InChI=1S/C21H24Cl2F3NO3.ClH/c22-17-5-1-3-15(19(17)23)4-2-10-30-18-7-6-14(11-16(18)21(24,25)26)8-9-20(27,12-28)13-29;/h1,3,5-7,11,28-29H,2,4,8-10,12-13,27H2;1H. The van der Waals surface area contributed by atoms with Crippen LogP contribution in [0.25, 0.3) is 0 Å². The first-order valence-electron chi connectivity index (χ1n) is 9.36. The van der Waals surface area contributed by atoms with Crippen molar-refractivity contribution in [3.05, 3.63) is 63.1 Å². The molecule has 0 aromatic heterocycles. The van der Waals surface area contributed by atoms with Gasteiger partial charge in [0.1, 0.15) is 5.75 Å². The highest BCUT2D eigenvalue weighted by Crippen LogP contribution is 2.37. The van der Waals surface area contributed by atoms with Crippen LogP contribution in [0.4, 0.5) is 13.2 Å². The molecule has 2 aromatic carbocycles. The van der Waals surface area contributed by atoms with Crippen LogP contribution in [0.15, 0.2) is 36.4 Å². The van der Waals surface area contributed by atoms with Gasteiger partial charge >= 0.3 is 6.18 Å². The average molecular weight is 503 g/mol. The molecule has 0 aliphatic carbocycles. The van der Waals surface area contributed by atoms with Crippen LogP contribution in [0.3, 0.4) is 0 Å². The van der Waals surface area contributed by atoms with Gasteiger partial charge in [-0.2, -0.15) is 13.2 Å². The monoisotopic (exact) mass is 501 g/mol. The summed E-state index contributed by atoms with van der Waals surface area (Å²) in [5.74, 6) is -0.258. The maximum Gasteiger partial charge on any atom is 0.419 e. The lowest BCUT2D eigenvalue weighted by Gasteiger charge is -2.24. The Morgan fingerprint density at radius 3 is 2.29 bits per heavy atom. The van der Waals surface area contributed by atoms with Gasteiger partial charge in [-0.05, 0) is 55.0 Å². The van der Waals surface area contributed by atoms with Gasteiger partial charge in [0, 0.05) is 0 Å². The van der Waals surface area contributed by atoms with E-state index in [4.69, 9.17) is 33.7 Å². The molecule has 31 heavy (non-hydrogen) atoms. The first-order chi connectivity index (χ1) is 14.1. The summed E-state index contributed by atoms with van der Waals surface area (Å²) in [6.07, 6.45) is -3.30. The van der Waals surface area contributed by atoms with Crippen LogP contribution >= 0.6 is 35.6 Å². The summed E-state index contributed by atoms with van der Waals surface area (Å²) in [5, 5.41) is 19.3. The number of alkyl halides is 3. The lowest BCUT2D eigenvalue weighted by Crippen LogP contribution is -2.47. The van der Waals surface area contributed by atoms with Crippen molar-refractivity contribution >= 4 is 35.6 Å². The SMILES string of the molecule is Cl.NC(CO)(CO)CCc1ccc(OCCCc2cccc(Cl)c2Cl)c(C(F)(F)F)c1. The Morgan fingerprint density at radius 1 is 1.00 bits per heavy atom. The summed E-state index contributed by atoms with van der Waals surface area (Å²) in [7, 11) is 0. The Kier molecular flexibility index (Phi) is 10.9. The molecule has 4 nitrogen and oxygen atoms in total. The highest BCUT2D eigenvalue weighted by Gasteiger charge is 2.35. The van der Waals surface area contributed by atoms with Gasteiger partial charge in [-0.15, -0.1) is 12.4 Å². The molecule has 0 radical (unpaired) electrons. The van der Waals surface area contributed by atoms with Gasteiger partial charge in [0.2, 0.25) is 0 Å². The van der Waals surface area contributed by atoms with Gasteiger partial charge in [-0.3, -0.25) is 0 Å². The van der Waals surface area contributed by atoms with Crippen LogP contribution in [-0.2, 0) is 19.0 Å². The maximum absolute atomic E-state index is 13.5. The normalized spacial score (nSPS) is 11.9. The van der Waals surface area contributed by atoms with E-state index in [1.54, 1.807) is 18.2 Å². The van der Waals surface area contributed by atoms with E-state index in [1.165, 1.54) is 12.1 Å². The number of ether oxygens (including phenoxy) is 1. The van der Waals surface area contributed by atoms with Crippen molar-refractivity contribution < 1.29 is 28.1 Å². The van der Waals surface area contributed by atoms with Crippen molar-refractivity contribution in [3.8, 4) is 5.75 Å². The van der Waals surface area contributed by atoms with Crippen LogP contribution in [0, 0.1) is 0 Å². The number of hydrogen-bond donors (Lipinski definition) is 3. The summed E-state index contributed by atoms with van der Waals surface area (Å²) in [6.45, 7) is -0.854. The Bertz CT molecular complexity index is 846. The molecule has 10 heteroatoms. The number of benzene rings is 2. The first kappa shape index (κ1) is 27.8. The third kappa shape index (κ3) is 8.00. The Hall–Kier alpha value is -1.22. The first-order valence-corrected chi connectivity index (χ1v) is 10.1. The molecule has 2 aromatic rings. The van der Waals surface area contributed by atoms with Crippen molar-refractivity contribution in [1.82, 2.24) is 0 Å². The zero-order valence-corrected chi connectivity index (χ0v) is 18.9. The van der Waals surface area contributed by atoms with Gasteiger partial charge in [0.05, 0.1) is 41.0 Å². The predicted octanol–water partition coefficient (Wildman–Crippen LogP) is 5.06. The lowest BCUT2D eigenvalue weighted by atomic mass is 9.93. The second-order valence-electron chi connectivity index (χ2n) is 7.17. The van der Waals surface area contributed by atoms with Gasteiger partial charge in [0.25, 0.3) is 0 Å². The van der Waals surface area contributed by atoms with Crippen LogP contribution in [0.1, 0.15) is 29.5 Å². The second kappa shape index (κ2) is 12.1. The number of rotatable bonds is 10. The summed E-state index contributed by atoms with van der Waals surface area (Å²) in [4.78, 5) is 0. The van der Waals surface area contributed by atoms with Crippen molar-refractivity contribution in [2.45, 2.75) is 37.4 Å². The Balaban J connectivity index is 0.00000480. The van der Waals surface area contributed by atoms with Crippen LogP contribution in [-0.4, -0.2) is 35.6 Å². The molecule has 0 atom stereocenters.